The molecular formula is C17H16F3N3O2S. The SMILES string of the molecule is O=C1Oc2cc(N3CCNCC3)ccc2CC1c1nc(C(F)(F)F)cs1. The molecule has 138 valence electrons. The summed E-state index contributed by atoms with van der Waals surface area (Å²) in [6.07, 6.45) is -4.22. The van der Waals surface area contributed by atoms with Crippen LogP contribution in [0.3, 0.4) is 0 Å². The molecule has 2 aromatic rings. The molecule has 0 saturated carbocycles. The van der Waals surface area contributed by atoms with E-state index in [1.807, 2.05) is 18.2 Å². The molecule has 4 rings (SSSR count). The summed E-state index contributed by atoms with van der Waals surface area (Å²) in [4.78, 5) is 18.1. The first-order chi connectivity index (χ1) is 12.4. The summed E-state index contributed by atoms with van der Waals surface area (Å²) in [6, 6.07) is 5.67. The number of aromatic nitrogens is 1. The van der Waals surface area contributed by atoms with E-state index in [1.54, 1.807) is 0 Å². The van der Waals surface area contributed by atoms with Crippen LogP contribution in [-0.4, -0.2) is 37.1 Å². The second-order valence-electron chi connectivity index (χ2n) is 6.28. The second kappa shape index (κ2) is 6.55. The Morgan fingerprint density at radius 2 is 2.04 bits per heavy atom. The van der Waals surface area contributed by atoms with Gasteiger partial charge in [-0.1, -0.05) is 6.07 Å². The summed E-state index contributed by atoms with van der Waals surface area (Å²) in [6.45, 7) is 3.53. The van der Waals surface area contributed by atoms with E-state index in [1.165, 1.54) is 0 Å². The highest BCUT2D eigenvalue weighted by atomic mass is 32.1. The number of fused-ring (bicyclic) bond motifs is 1. The lowest BCUT2D eigenvalue weighted by atomic mass is 9.96. The molecule has 1 N–H and O–H groups in total. The van der Waals surface area contributed by atoms with Gasteiger partial charge in [-0.25, -0.2) is 4.98 Å². The van der Waals surface area contributed by atoms with E-state index in [-0.39, 0.29) is 5.01 Å². The van der Waals surface area contributed by atoms with Crippen molar-refractivity contribution >= 4 is 23.0 Å². The van der Waals surface area contributed by atoms with E-state index >= 15 is 0 Å². The van der Waals surface area contributed by atoms with E-state index in [0.29, 0.717) is 12.2 Å². The van der Waals surface area contributed by atoms with Crippen LogP contribution in [-0.2, 0) is 17.4 Å². The van der Waals surface area contributed by atoms with Gasteiger partial charge in [-0.2, -0.15) is 13.2 Å². The molecule has 1 saturated heterocycles. The predicted octanol–water partition coefficient (Wildman–Crippen LogP) is 2.82. The van der Waals surface area contributed by atoms with Crippen LogP contribution in [0.2, 0.25) is 0 Å². The van der Waals surface area contributed by atoms with Crippen molar-refractivity contribution in [2.75, 3.05) is 31.1 Å². The van der Waals surface area contributed by atoms with E-state index in [9.17, 15) is 18.0 Å². The van der Waals surface area contributed by atoms with Crippen molar-refractivity contribution in [2.45, 2.75) is 18.5 Å². The Labute approximate surface area is 151 Å². The molecule has 5 nitrogen and oxygen atoms in total. The molecule has 26 heavy (non-hydrogen) atoms. The lowest BCUT2D eigenvalue weighted by Crippen LogP contribution is -2.43. The first-order valence-electron chi connectivity index (χ1n) is 8.25. The minimum absolute atomic E-state index is 0.138. The average Bonchev–Trinajstić information content (AvgIpc) is 3.12. The van der Waals surface area contributed by atoms with Gasteiger partial charge in [0, 0.05) is 43.3 Å². The third kappa shape index (κ3) is 3.28. The maximum absolute atomic E-state index is 12.7. The molecule has 1 aromatic carbocycles. The number of hydrogen-bond donors (Lipinski definition) is 1. The van der Waals surface area contributed by atoms with Gasteiger partial charge < -0.3 is 15.0 Å². The molecule has 9 heteroatoms. The van der Waals surface area contributed by atoms with E-state index in [0.717, 1.165) is 54.1 Å². The summed E-state index contributed by atoms with van der Waals surface area (Å²) in [5.41, 5.74) is 0.813. The largest absolute Gasteiger partial charge is 0.434 e. The number of benzene rings is 1. The van der Waals surface area contributed by atoms with Gasteiger partial charge in [0.15, 0.2) is 5.69 Å². The minimum atomic E-state index is -4.51. The number of alkyl halides is 3. The minimum Gasteiger partial charge on any atom is -0.426 e. The Morgan fingerprint density at radius 1 is 1.27 bits per heavy atom. The summed E-state index contributed by atoms with van der Waals surface area (Å²) in [7, 11) is 0. The van der Waals surface area contributed by atoms with E-state index in [4.69, 9.17) is 4.74 Å². The maximum atomic E-state index is 12.7. The molecule has 0 amide bonds. The topological polar surface area (TPSA) is 54.5 Å². The summed E-state index contributed by atoms with van der Waals surface area (Å²) in [5, 5.41) is 4.35. The molecule has 0 spiro atoms. The quantitative estimate of drug-likeness (QED) is 0.639. The second-order valence-corrected chi connectivity index (χ2v) is 7.17. The zero-order valence-electron chi connectivity index (χ0n) is 13.7. The summed E-state index contributed by atoms with van der Waals surface area (Å²) >= 11 is 0.840. The fraction of sp³-hybridized carbons (Fsp3) is 0.412. The van der Waals surface area contributed by atoms with E-state index < -0.39 is 23.8 Å². The predicted molar refractivity (Wildman–Crippen MR) is 90.7 cm³/mol. The fourth-order valence-electron chi connectivity index (χ4n) is 3.18. The fourth-order valence-corrected chi connectivity index (χ4v) is 4.09. The molecule has 1 atom stereocenters. The lowest BCUT2D eigenvalue weighted by molar-refractivity contribution is -0.141. The molecule has 1 aromatic heterocycles. The van der Waals surface area contributed by atoms with E-state index in [2.05, 4.69) is 15.2 Å². The summed E-state index contributed by atoms with van der Waals surface area (Å²) < 4.78 is 43.7. The van der Waals surface area contributed by atoms with Gasteiger partial charge in [0.05, 0.1) is 0 Å². The Bertz CT molecular complexity index is 831. The molecule has 1 fully saturated rings. The van der Waals surface area contributed by atoms with Crippen LogP contribution in [0.1, 0.15) is 22.2 Å². The number of rotatable bonds is 2. The molecule has 0 radical (unpaired) electrons. The number of carbonyl (C=O) groups excluding carboxylic acids is 1. The highest BCUT2D eigenvalue weighted by molar-refractivity contribution is 7.09. The number of esters is 1. The van der Waals surface area contributed by atoms with Gasteiger partial charge >= 0.3 is 12.1 Å². The summed E-state index contributed by atoms with van der Waals surface area (Å²) in [5.74, 6) is -0.874. The number of piperazine rings is 1. The molecule has 2 aliphatic rings. The number of thiazole rings is 1. The molecule has 0 aliphatic carbocycles. The van der Waals surface area contributed by atoms with Crippen molar-refractivity contribution in [3.63, 3.8) is 0 Å². The Balaban J connectivity index is 1.57. The van der Waals surface area contributed by atoms with Gasteiger partial charge in [-0.3, -0.25) is 4.79 Å². The number of nitrogens with one attached hydrogen (secondary N) is 1. The van der Waals surface area contributed by atoms with Crippen LogP contribution in [0.15, 0.2) is 23.6 Å². The standard InChI is InChI=1S/C17H16F3N3O2S/c18-17(19,20)14-9-26-15(22-14)12-7-10-1-2-11(8-13(10)25-16(12)24)23-5-3-21-4-6-23/h1-2,8-9,12,21H,3-7H2. The number of hydrogen-bond acceptors (Lipinski definition) is 6. The van der Waals surface area contributed by atoms with Crippen molar-refractivity contribution in [3.8, 4) is 5.75 Å². The van der Waals surface area contributed by atoms with Gasteiger partial charge in [0.1, 0.15) is 16.7 Å². The molecule has 1 unspecified atom stereocenters. The van der Waals surface area contributed by atoms with Gasteiger partial charge in [0.25, 0.3) is 0 Å². The number of nitrogens with zero attached hydrogens (tertiary/aromatic N) is 2. The van der Waals surface area contributed by atoms with Crippen molar-refractivity contribution in [1.29, 1.82) is 0 Å². The first kappa shape index (κ1) is 17.3. The molecule has 0 bridgehead atoms. The highest BCUT2D eigenvalue weighted by Crippen LogP contribution is 2.38. The lowest BCUT2D eigenvalue weighted by Gasteiger charge is -2.31. The molecular weight excluding hydrogens is 367 g/mol. The Hall–Kier alpha value is -2.13. The van der Waals surface area contributed by atoms with Crippen molar-refractivity contribution < 1.29 is 22.7 Å². The van der Waals surface area contributed by atoms with Crippen LogP contribution in [0, 0.1) is 0 Å². The highest BCUT2D eigenvalue weighted by Gasteiger charge is 2.37. The number of ether oxygens (including phenoxy) is 1. The van der Waals surface area contributed by atoms with Crippen molar-refractivity contribution in [1.82, 2.24) is 10.3 Å². The number of anilines is 1. The van der Waals surface area contributed by atoms with Crippen LogP contribution in [0.4, 0.5) is 18.9 Å². The average molecular weight is 383 g/mol. The van der Waals surface area contributed by atoms with Crippen LogP contribution < -0.4 is 15.0 Å². The molecule has 3 heterocycles. The molecule has 2 aliphatic heterocycles. The normalized spacial score (nSPS) is 20.7. The van der Waals surface area contributed by atoms with Gasteiger partial charge in [-0.15, -0.1) is 11.3 Å². The Kier molecular flexibility index (Phi) is 4.36. The number of halogens is 3. The monoisotopic (exact) mass is 383 g/mol. The third-order valence-corrected chi connectivity index (χ3v) is 5.52. The van der Waals surface area contributed by atoms with Crippen molar-refractivity contribution in [3.05, 3.63) is 39.8 Å². The third-order valence-electron chi connectivity index (χ3n) is 4.56. The van der Waals surface area contributed by atoms with Crippen LogP contribution in [0.25, 0.3) is 0 Å². The van der Waals surface area contributed by atoms with Crippen LogP contribution in [0.5, 0.6) is 5.75 Å². The maximum Gasteiger partial charge on any atom is 0.434 e. The number of carbonyl (C=O) groups is 1. The Morgan fingerprint density at radius 3 is 2.73 bits per heavy atom. The zero-order chi connectivity index (χ0) is 18.3. The smallest absolute Gasteiger partial charge is 0.426 e. The van der Waals surface area contributed by atoms with Crippen molar-refractivity contribution in [2.24, 2.45) is 0 Å². The van der Waals surface area contributed by atoms with Gasteiger partial charge in [0.2, 0.25) is 0 Å². The van der Waals surface area contributed by atoms with Crippen LogP contribution >= 0.6 is 11.3 Å². The zero-order valence-corrected chi connectivity index (χ0v) is 14.5. The van der Waals surface area contributed by atoms with Gasteiger partial charge in [-0.05, 0) is 18.1 Å². The first-order valence-corrected chi connectivity index (χ1v) is 9.13.